The van der Waals surface area contributed by atoms with Crippen LogP contribution in [0.4, 0.5) is 0 Å². The summed E-state index contributed by atoms with van der Waals surface area (Å²) in [4.78, 5) is 4.02. The summed E-state index contributed by atoms with van der Waals surface area (Å²) in [6.45, 7) is 7.35. The van der Waals surface area contributed by atoms with Gasteiger partial charge in [0.1, 0.15) is 11.9 Å². The average Bonchev–Trinajstić information content (AvgIpc) is 2.31. The maximum Gasteiger partial charge on any atom is 0.138 e. The molecule has 0 radical (unpaired) electrons. The number of rotatable bonds is 7. The molecule has 1 atom stereocenters. The summed E-state index contributed by atoms with van der Waals surface area (Å²) < 4.78 is 5.73. The van der Waals surface area contributed by atoms with Gasteiger partial charge in [0.2, 0.25) is 0 Å². The minimum Gasteiger partial charge on any atom is -0.488 e. The quantitative estimate of drug-likeness (QED) is 0.770. The zero-order valence-corrected chi connectivity index (χ0v) is 10.4. The van der Waals surface area contributed by atoms with E-state index in [1.807, 2.05) is 12.1 Å². The van der Waals surface area contributed by atoms with Crippen LogP contribution in [-0.4, -0.2) is 23.7 Å². The first-order valence-electron chi connectivity index (χ1n) is 6.06. The topological polar surface area (TPSA) is 34.1 Å². The van der Waals surface area contributed by atoms with Gasteiger partial charge in [-0.3, -0.25) is 4.98 Å². The largest absolute Gasteiger partial charge is 0.488 e. The molecule has 0 aliphatic rings. The number of ether oxygens (including phenoxy) is 1. The van der Waals surface area contributed by atoms with E-state index in [-0.39, 0.29) is 6.10 Å². The number of pyridine rings is 1. The summed E-state index contributed by atoms with van der Waals surface area (Å²) in [7, 11) is 0. The molecule has 1 heterocycles. The lowest BCUT2D eigenvalue weighted by atomic mass is 10.1. The zero-order chi connectivity index (χ0) is 11.8. The molecule has 1 aromatic rings. The monoisotopic (exact) mass is 222 g/mol. The summed E-state index contributed by atoms with van der Waals surface area (Å²) in [5.41, 5.74) is 0. The molecule has 0 bridgehead atoms. The second-order valence-corrected chi connectivity index (χ2v) is 4.04. The summed E-state index contributed by atoms with van der Waals surface area (Å²) in [6.07, 6.45) is 5.99. The number of nitrogens with one attached hydrogen (secondary N) is 1. The molecule has 16 heavy (non-hydrogen) atoms. The highest BCUT2D eigenvalue weighted by Crippen LogP contribution is 2.08. The zero-order valence-electron chi connectivity index (χ0n) is 10.4. The van der Waals surface area contributed by atoms with Gasteiger partial charge < -0.3 is 10.1 Å². The fourth-order valence-electron chi connectivity index (χ4n) is 1.60. The molecule has 1 rings (SSSR count). The Morgan fingerprint density at radius 3 is 2.69 bits per heavy atom. The van der Waals surface area contributed by atoms with Crippen molar-refractivity contribution in [2.45, 2.75) is 45.8 Å². The van der Waals surface area contributed by atoms with Crippen molar-refractivity contribution < 1.29 is 4.74 Å². The van der Waals surface area contributed by atoms with E-state index in [0.29, 0.717) is 6.04 Å². The average molecular weight is 222 g/mol. The minimum absolute atomic E-state index is 0.171. The molecule has 0 saturated carbocycles. The van der Waals surface area contributed by atoms with E-state index in [0.717, 1.165) is 25.1 Å². The van der Waals surface area contributed by atoms with Crippen LogP contribution in [0.15, 0.2) is 24.5 Å². The first-order valence-corrected chi connectivity index (χ1v) is 6.06. The van der Waals surface area contributed by atoms with E-state index >= 15 is 0 Å². The van der Waals surface area contributed by atoms with Crippen LogP contribution in [0.25, 0.3) is 0 Å². The lowest BCUT2D eigenvalue weighted by Gasteiger charge is -2.19. The third-order valence-corrected chi connectivity index (χ3v) is 2.65. The van der Waals surface area contributed by atoms with Gasteiger partial charge in [0.25, 0.3) is 0 Å². The summed E-state index contributed by atoms with van der Waals surface area (Å²) in [5, 5.41) is 3.49. The van der Waals surface area contributed by atoms with Gasteiger partial charge in [0.15, 0.2) is 0 Å². The fraction of sp³-hybridized carbons (Fsp3) is 0.615. The Morgan fingerprint density at radius 2 is 2.12 bits per heavy atom. The summed E-state index contributed by atoms with van der Waals surface area (Å²) in [6, 6.07) is 4.41. The van der Waals surface area contributed by atoms with Crippen molar-refractivity contribution in [3.05, 3.63) is 24.5 Å². The third kappa shape index (κ3) is 4.62. The molecule has 0 aliphatic heterocycles. The van der Waals surface area contributed by atoms with Gasteiger partial charge in [-0.25, -0.2) is 0 Å². The van der Waals surface area contributed by atoms with Crippen LogP contribution in [-0.2, 0) is 0 Å². The molecule has 1 N–H and O–H groups in total. The van der Waals surface area contributed by atoms with Crippen molar-refractivity contribution in [1.82, 2.24) is 10.3 Å². The second kappa shape index (κ2) is 7.23. The second-order valence-electron chi connectivity index (χ2n) is 4.04. The molecule has 0 unspecified atom stereocenters. The van der Waals surface area contributed by atoms with E-state index in [1.165, 1.54) is 0 Å². The van der Waals surface area contributed by atoms with E-state index in [2.05, 4.69) is 31.1 Å². The molecule has 0 aromatic carbocycles. The number of nitrogens with zero attached hydrogens (tertiary/aromatic N) is 1. The number of aromatic nitrogens is 1. The van der Waals surface area contributed by atoms with E-state index in [9.17, 15) is 0 Å². The van der Waals surface area contributed by atoms with Crippen LogP contribution in [0, 0.1) is 0 Å². The minimum atomic E-state index is 0.171. The van der Waals surface area contributed by atoms with Crippen molar-refractivity contribution in [2.24, 2.45) is 0 Å². The van der Waals surface area contributed by atoms with Crippen LogP contribution >= 0.6 is 0 Å². The smallest absolute Gasteiger partial charge is 0.138 e. The first-order chi connectivity index (χ1) is 7.76. The summed E-state index contributed by atoms with van der Waals surface area (Å²) >= 11 is 0. The molecule has 90 valence electrons. The predicted octanol–water partition coefficient (Wildman–Crippen LogP) is 2.63. The van der Waals surface area contributed by atoms with Crippen molar-refractivity contribution >= 4 is 0 Å². The van der Waals surface area contributed by atoms with Gasteiger partial charge in [-0.1, -0.05) is 13.8 Å². The highest BCUT2D eigenvalue weighted by atomic mass is 16.5. The van der Waals surface area contributed by atoms with Crippen LogP contribution in [0.3, 0.4) is 0 Å². The van der Waals surface area contributed by atoms with Crippen molar-refractivity contribution in [2.75, 3.05) is 6.54 Å². The molecular weight excluding hydrogens is 200 g/mol. The molecule has 3 nitrogen and oxygen atoms in total. The maximum atomic E-state index is 5.73. The summed E-state index contributed by atoms with van der Waals surface area (Å²) in [5.74, 6) is 0.835. The van der Waals surface area contributed by atoms with E-state index in [1.54, 1.807) is 12.4 Å². The van der Waals surface area contributed by atoms with Crippen LogP contribution in [0.5, 0.6) is 5.75 Å². The number of hydrogen-bond acceptors (Lipinski definition) is 3. The molecule has 0 saturated heterocycles. The molecule has 0 fully saturated rings. The highest BCUT2D eigenvalue weighted by Gasteiger charge is 2.07. The van der Waals surface area contributed by atoms with E-state index in [4.69, 9.17) is 4.74 Å². The van der Waals surface area contributed by atoms with Crippen LogP contribution in [0.1, 0.15) is 33.6 Å². The highest BCUT2D eigenvalue weighted by molar-refractivity contribution is 5.15. The Kier molecular flexibility index (Phi) is 5.86. The van der Waals surface area contributed by atoms with Gasteiger partial charge >= 0.3 is 0 Å². The van der Waals surface area contributed by atoms with Crippen molar-refractivity contribution in [3.8, 4) is 5.75 Å². The normalized spacial score (nSPS) is 12.8. The van der Waals surface area contributed by atoms with E-state index < -0.39 is 0 Å². The Labute approximate surface area is 98.2 Å². The first kappa shape index (κ1) is 13.0. The Bertz CT molecular complexity index is 273. The van der Waals surface area contributed by atoms with Gasteiger partial charge in [-0.15, -0.1) is 0 Å². The van der Waals surface area contributed by atoms with Crippen molar-refractivity contribution in [1.29, 1.82) is 0 Å². The predicted molar refractivity (Wildman–Crippen MR) is 66.7 cm³/mol. The number of hydrogen-bond donors (Lipinski definition) is 1. The third-order valence-electron chi connectivity index (χ3n) is 2.65. The van der Waals surface area contributed by atoms with Crippen LogP contribution < -0.4 is 10.1 Å². The van der Waals surface area contributed by atoms with Gasteiger partial charge in [0.05, 0.1) is 6.20 Å². The Hall–Kier alpha value is -1.09. The molecular formula is C13H22N2O. The van der Waals surface area contributed by atoms with Crippen molar-refractivity contribution in [3.63, 3.8) is 0 Å². The standard InChI is InChI=1S/C13H22N2O/c1-4-12(5-2)15-9-11(3)16-13-7-6-8-14-10-13/h6-8,10-12,15H,4-5,9H2,1-3H3/t11-/m0/s1. The molecule has 3 heteroatoms. The molecule has 0 aliphatic carbocycles. The molecule has 1 aromatic heterocycles. The fourth-order valence-corrected chi connectivity index (χ4v) is 1.60. The lowest BCUT2D eigenvalue weighted by Crippen LogP contribution is -2.36. The van der Waals surface area contributed by atoms with Gasteiger partial charge in [-0.05, 0) is 31.9 Å². The molecule has 0 amide bonds. The Morgan fingerprint density at radius 1 is 1.38 bits per heavy atom. The Balaban J connectivity index is 2.28. The van der Waals surface area contributed by atoms with Gasteiger partial charge in [0, 0.05) is 18.8 Å². The lowest BCUT2D eigenvalue weighted by molar-refractivity contribution is 0.209. The maximum absolute atomic E-state index is 5.73. The van der Waals surface area contributed by atoms with Gasteiger partial charge in [-0.2, -0.15) is 0 Å². The van der Waals surface area contributed by atoms with Crippen LogP contribution in [0.2, 0.25) is 0 Å². The SMILES string of the molecule is CCC(CC)NC[C@H](C)Oc1cccnc1. The molecule has 0 spiro atoms.